The van der Waals surface area contributed by atoms with Gasteiger partial charge in [0.05, 0.1) is 5.69 Å². The average Bonchev–Trinajstić information content (AvgIpc) is 2.97. The largest absolute Gasteiger partial charge is 0.404 e. The molecule has 0 radical (unpaired) electrons. The Morgan fingerprint density at radius 1 is 1.10 bits per heavy atom. The van der Waals surface area contributed by atoms with Gasteiger partial charge in [-0.3, -0.25) is 0 Å². The van der Waals surface area contributed by atoms with Crippen molar-refractivity contribution in [1.29, 1.82) is 0 Å². The fraction of sp³-hybridized carbons (Fsp3) is 0.133. The van der Waals surface area contributed by atoms with Crippen molar-refractivity contribution in [3.63, 3.8) is 0 Å². The first-order valence-corrected chi connectivity index (χ1v) is 6.59. The number of para-hydroxylation sites is 1. The van der Waals surface area contributed by atoms with Crippen LogP contribution in [0.3, 0.4) is 0 Å². The molecule has 2 N–H and O–H groups in total. The molecule has 0 bridgehead atoms. The van der Waals surface area contributed by atoms with Gasteiger partial charge in [0, 0.05) is 17.8 Å². The summed E-state index contributed by atoms with van der Waals surface area (Å²) in [7, 11) is 0. The molecule has 3 aromatic rings. The lowest BCUT2D eigenvalue weighted by molar-refractivity contribution is 0.416. The maximum atomic E-state index is 5.90. The molecule has 0 aliphatic carbocycles. The monoisotopic (exact) mass is 281 g/mol. The highest BCUT2D eigenvalue weighted by Gasteiger charge is 2.12. The van der Waals surface area contributed by atoms with Gasteiger partial charge in [-0.05, 0) is 25.1 Å². The molecular formula is C15H15N5O. The van der Waals surface area contributed by atoms with Gasteiger partial charge in [-0.2, -0.15) is 4.98 Å². The Kier molecular flexibility index (Phi) is 3.61. The lowest BCUT2D eigenvalue weighted by Crippen LogP contribution is -2.07. The van der Waals surface area contributed by atoms with Crippen LogP contribution in [0.5, 0.6) is 11.9 Å². The van der Waals surface area contributed by atoms with Crippen molar-refractivity contribution >= 4 is 0 Å². The summed E-state index contributed by atoms with van der Waals surface area (Å²) >= 11 is 0. The van der Waals surface area contributed by atoms with E-state index in [-0.39, 0.29) is 12.1 Å². The van der Waals surface area contributed by atoms with Crippen molar-refractivity contribution in [3.05, 3.63) is 60.6 Å². The van der Waals surface area contributed by atoms with E-state index in [4.69, 9.17) is 10.5 Å². The summed E-state index contributed by atoms with van der Waals surface area (Å²) in [6, 6.07) is 13.4. The van der Waals surface area contributed by atoms with E-state index >= 15 is 0 Å². The number of nitrogens with two attached hydrogens (primary N) is 1. The van der Waals surface area contributed by atoms with Crippen molar-refractivity contribution < 1.29 is 4.74 Å². The van der Waals surface area contributed by atoms with E-state index in [1.807, 2.05) is 49.4 Å². The molecule has 6 nitrogen and oxygen atoms in total. The maximum absolute atomic E-state index is 5.90. The second-order valence-electron chi connectivity index (χ2n) is 4.60. The number of rotatable bonds is 4. The molecule has 0 amide bonds. The van der Waals surface area contributed by atoms with Crippen LogP contribution in [-0.4, -0.2) is 19.7 Å². The third-order valence-corrected chi connectivity index (χ3v) is 2.97. The van der Waals surface area contributed by atoms with Crippen LogP contribution >= 0.6 is 0 Å². The molecule has 0 aliphatic rings. The first-order valence-electron chi connectivity index (χ1n) is 6.59. The number of nitrogens with zero attached hydrogens (tertiary/aromatic N) is 4. The molecule has 1 aromatic carbocycles. The van der Waals surface area contributed by atoms with E-state index in [0.717, 1.165) is 11.3 Å². The molecule has 21 heavy (non-hydrogen) atoms. The Hall–Kier alpha value is -2.73. The van der Waals surface area contributed by atoms with E-state index in [1.54, 1.807) is 17.2 Å². The lowest BCUT2D eigenvalue weighted by Gasteiger charge is -2.09. The molecule has 2 aromatic heterocycles. The second kappa shape index (κ2) is 5.72. The van der Waals surface area contributed by atoms with E-state index in [9.17, 15) is 0 Å². The van der Waals surface area contributed by atoms with Crippen molar-refractivity contribution in [2.75, 3.05) is 0 Å². The van der Waals surface area contributed by atoms with Crippen LogP contribution in [-0.2, 0) is 0 Å². The number of ether oxygens (including phenoxy) is 1. The van der Waals surface area contributed by atoms with Gasteiger partial charge in [0.15, 0.2) is 0 Å². The Morgan fingerprint density at radius 2 is 1.90 bits per heavy atom. The minimum absolute atomic E-state index is 0.176. The van der Waals surface area contributed by atoms with E-state index in [0.29, 0.717) is 5.88 Å². The SMILES string of the molecule is CC(N)c1cccnc1Oc1ncn(-c2ccccc2)n1. The molecule has 6 heteroatoms. The van der Waals surface area contributed by atoms with Crippen LogP contribution in [0.15, 0.2) is 55.0 Å². The van der Waals surface area contributed by atoms with Crippen LogP contribution in [0.25, 0.3) is 5.69 Å². The van der Waals surface area contributed by atoms with Crippen molar-refractivity contribution in [1.82, 2.24) is 19.7 Å². The van der Waals surface area contributed by atoms with Crippen molar-refractivity contribution in [3.8, 4) is 17.6 Å². The van der Waals surface area contributed by atoms with Gasteiger partial charge in [0.25, 0.3) is 0 Å². The Balaban J connectivity index is 1.86. The molecule has 1 atom stereocenters. The third-order valence-electron chi connectivity index (χ3n) is 2.97. The molecule has 0 saturated heterocycles. The minimum Gasteiger partial charge on any atom is -0.404 e. The lowest BCUT2D eigenvalue weighted by atomic mass is 10.1. The molecule has 3 rings (SSSR count). The highest BCUT2D eigenvalue weighted by molar-refractivity contribution is 5.31. The number of aromatic nitrogens is 4. The van der Waals surface area contributed by atoms with Crippen LogP contribution in [0, 0.1) is 0 Å². The predicted octanol–water partition coefficient (Wildman–Crippen LogP) is 2.47. The zero-order chi connectivity index (χ0) is 14.7. The quantitative estimate of drug-likeness (QED) is 0.794. The van der Waals surface area contributed by atoms with E-state index in [1.165, 1.54) is 0 Å². The van der Waals surface area contributed by atoms with Gasteiger partial charge in [-0.1, -0.05) is 24.3 Å². The van der Waals surface area contributed by atoms with Crippen LogP contribution in [0.1, 0.15) is 18.5 Å². The van der Waals surface area contributed by atoms with Crippen molar-refractivity contribution in [2.45, 2.75) is 13.0 Å². The number of hydrogen-bond acceptors (Lipinski definition) is 5. The summed E-state index contributed by atoms with van der Waals surface area (Å²) in [5, 5.41) is 4.28. The highest BCUT2D eigenvalue weighted by Crippen LogP contribution is 2.24. The third kappa shape index (κ3) is 2.90. The van der Waals surface area contributed by atoms with Gasteiger partial charge in [-0.15, -0.1) is 5.10 Å². The summed E-state index contributed by atoms with van der Waals surface area (Å²) in [5.74, 6) is 0.429. The molecule has 0 aliphatic heterocycles. The van der Waals surface area contributed by atoms with Crippen LogP contribution in [0.4, 0.5) is 0 Å². The number of hydrogen-bond donors (Lipinski definition) is 1. The first kappa shape index (κ1) is 13.3. The zero-order valence-corrected chi connectivity index (χ0v) is 11.5. The molecule has 106 valence electrons. The van der Waals surface area contributed by atoms with Gasteiger partial charge in [0.2, 0.25) is 5.88 Å². The first-order chi connectivity index (χ1) is 10.2. The summed E-state index contributed by atoms with van der Waals surface area (Å²) in [4.78, 5) is 8.32. The van der Waals surface area contributed by atoms with Gasteiger partial charge in [0.1, 0.15) is 6.33 Å². The Labute approximate surface area is 122 Å². The molecule has 0 saturated carbocycles. The zero-order valence-electron chi connectivity index (χ0n) is 11.5. The molecule has 0 fully saturated rings. The smallest absolute Gasteiger partial charge is 0.342 e. The molecular weight excluding hydrogens is 266 g/mol. The summed E-state index contributed by atoms with van der Waals surface area (Å²) < 4.78 is 7.28. The fourth-order valence-electron chi connectivity index (χ4n) is 1.92. The van der Waals surface area contributed by atoms with E-state index < -0.39 is 0 Å². The average molecular weight is 281 g/mol. The highest BCUT2D eigenvalue weighted by atomic mass is 16.5. The van der Waals surface area contributed by atoms with Crippen molar-refractivity contribution in [2.24, 2.45) is 5.73 Å². The molecule has 2 heterocycles. The number of benzene rings is 1. The summed E-state index contributed by atoms with van der Waals surface area (Å²) in [6.45, 7) is 1.87. The Bertz CT molecular complexity index is 724. The normalized spacial score (nSPS) is 12.1. The van der Waals surface area contributed by atoms with Gasteiger partial charge in [-0.25, -0.2) is 9.67 Å². The topological polar surface area (TPSA) is 78.9 Å². The summed E-state index contributed by atoms with van der Waals surface area (Å²) in [6.07, 6.45) is 3.24. The molecule has 1 unspecified atom stereocenters. The van der Waals surface area contributed by atoms with Crippen LogP contribution < -0.4 is 10.5 Å². The van der Waals surface area contributed by atoms with Gasteiger partial charge >= 0.3 is 6.01 Å². The standard InChI is InChI=1S/C15H15N5O/c1-11(16)13-8-5-9-17-14(13)21-15-18-10-20(19-15)12-6-3-2-4-7-12/h2-11H,16H2,1H3. The maximum Gasteiger partial charge on any atom is 0.342 e. The van der Waals surface area contributed by atoms with E-state index in [2.05, 4.69) is 15.1 Å². The second-order valence-corrected chi connectivity index (χ2v) is 4.60. The molecule has 0 spiro atoms. The Morgan fingerprint density at radius 3 is 2.67 bits per heavy atom. The fourth-order valence-corrected chi connectivity index (χ4v) is 1.92. The predicted molar refractivity (Wildman–Crippen MR) is 78.3 cm³/mol. The van der Waals surface area contributed by atoms with Gasteiger partial charge < -0.3 is 10.5 Å². The summed E-state index contributed by atoms with van der Waals surface area (Å²) in [5.41, 5.74) is 7.62. The van der Waals surface area contributed by atoms with Crippen LogP contribution in [0.2, 0.25) is 0 Å². The number of pyridine rings is 1. The minimum atomic E-state index is -0.176.